The zero-order valence-corrected chi connectivity index (χ0v) is 16.8. The fourth-order valence-corrected chi connectivity index (χ4v) is 3.60. The van der Waals surface area contributed by atoms with Crippen LogP contribution in [0.2, 0.25) is 0 Å². The Kier molecular flexibility index (Phi) is 4.70. The molecule has 0 aromatic heterocycles. The van der Waals surface area contributed by atoms with Gasteiger partial charge in [0, 0.05) is 31.4 Å². The fourth-order valence-electron chi connectivity index (χ4n) is 3.60. The first-order chi connectivity index (χ1) is 15.1. The van der Waals surface area contributed by atoms with Crippen LogP contribution in [-0.4, -0.2) is 47.6 Å². The van der Waals surface area contributed by atoms with Crippen LogP contribution in [0.3, 0.4) is 0 Å². The lowest BCUT2D eigenvalue weighted by atomic mass is 10.1. The highest BCUT2D eigenvalue weighted by atomic mass is 16.7. The minimum Gasteiger partial charge on any atom is -0.454 e. The number of nitrogens with zero attached hydrogens (tertiary/aromatic N) is 3. The average molecular weight is 420 g/mol. The van der Waals surface area contributed by atoms with Crippen molar-refractivity contribution in [1.29, 1.82) is 0 Å². The maximum absolute atomic E-state index is 12.9. The van der Waals surface area contributed by atoms with E-state index in [9.17, 15) is 9.59 Å². The quantitative estimate of drug-likeness (QED) is 0.818. The molecule has 0 aliphatic carbocycles. The zero-order chi connectivity index (χ0) is 21.4. The van der Waals surface area contributed by atoms with Crippen molar-refractivity contribution in [3.05, 3.63) is 65.6 Å². The van der Waals surface area contributed by atoms with Crippen LogP contribution in [0, 0.1) is 6.92 Å². The number of amides is 3. The first-order valence-corrected chi connectivity index (χ1v) is 9.86. The third-order valence-electron chi connectivity index (χ3n) is 5.34. The highest BCUT2D eigenvalue weighted by Crippen LogP contribution is 2.34. The van der Waals surface area contributed by atoms with E-state index in [1.807, 2.05) is 31.2 Å². The molecule has 31 heavy (non-hydrogen) atoms. The van der Waals surface area contributed by atoms with Crippen molar-refractivity contribution >= 4 is 23.6 Å². The number of carbonyl (C=O) groups is 2. The van der Waals surface area contributed by atoms with Gasteiger partial charge in [0.25, 0.3) is 5.91 Å². The van der Waals surface area contributed by atoms with Gasteiger partial charge in [0.2, 0.25) is 6.79 Å². The molecule has 0 atom stereocenters. The number of benzene rings is 2. The van der Waals surface area contributed by atoms with Crippen molar-refractivity contribution in [3.63, 3.8) is 0 Å². The number of urea groups is 1. The molecule has 0 bridgehead atoms. The summed E-state index contributed by atoms with van der Waals surface area (Å²) in [6, 6.07) is 12.8. The van der Waals surface area contributed by atoms with Crippen LogP contribution in [0.4, 0.5) is 10.5 Å². The maximum Gasteiger partial charge on any atom is 0.348 e. The molecule has 0 fully saturated rings. The van der Waals surface area contributed by atoms with Crippen molar-refractivity contribution in [1.82, 2.24) is 9.80 Å². The van der Waals surface area contributed by atoms with E-state index in [1.165, 1.54) is 6.26 Å². The number of rotatable bonds is 4. The lowest BCUT2D eigenvalue weighted by Gasteiger charge is -2.22. The molecular weight excluding hydrogens is 400 g/mol. The summed E-state index contributed by atoms with van der Waals surface area (Å²) in [6.45, 7) is 3.39. The number of nitrogens with one attached hydrogen (secondary N) is 1. The Balaban J connectivity index is 1.28. The molecule has 3 heterocycles. The number of hydrogen-bond donors (Lipinski definition) is 1. The summed E-state index contributed by atoms with van der Waals surface area (Å²) in [5, 5.41) is 2.82. The molecule has 2 aromatic carbocycles. The predicted octanol–water partition coefficient (Wildman–Crippen LogP) is 2.83. The molecule has 3 amide bonds. The van der Waals surface area contributed by atoms with E-state index < -0.39 is 6.03 Å². The molecule has 158 valence electrons. The normalized spacial score (nSPS) is 16.9. The second-order valence-electron chi connectivity index (χ2n) is 7.32. The largest absolute Gasteiger partial charge is 0.454 e. The van der Waals surface area contributed by atoms with Crippen LogP contribution in [-0.2, 0) is 16.1 Å². The van der Waals surface area contributed by atoms with Gasteiger partial charge in [-0.05, 0) is 30.2 Å². The first-order valence-electron chi connectivity index (χ1n) is 9.86. The van der Waals surface area contributed by atoms with Crippen molar-refractivity contribution in [3.8, 4) is 11.5 Å². The van der Waals surface area contributed by atoms with E-state index in [0.29, 0.717) is 36.8 Å². The van der Waals surface area contributed by atoms with Crippen molar-refractivity contribution in [2.45, 2.75) is 13.5 Å². The van der Waals surface area contributed by atoms with Crippen molar-refractivity contribution in [2.75, 3.05) is 25.2 Å². The molecule has 1 N–H and O–H groups in total. The van der Waals surface area contributed by atoms with Gasteiger partial charge in [-0.15, -0.1) is 4.99 Å². The van der Waals surface area contributed by atoms with Gasteiger partial charge in [-0.1, -0.05) is 24.3 Å². The van der Waals surface area contributed by atoms with E-state index in [2.05, 4.69) is 10.3 Å². The predicted molar refractivity (Wildman–Crippen MR) is 111 cm³/mol. The summed E-state index contributed by atoms with van der Waals surface area (Å²) in [5.41, 5.74) is 3.00. The summed E-state index contributed by atoms with van der Waals surface area (Å²) >= 11 is 0. The molecule has 2 aromatic rings. The van der Waals surface area contributed by atoms with Gasteiger partial charge in [0.05, 0.1) is 0 Å². The summed E-state index contributed by atoms with van der Waals surface area (Å²) in [4.78, 5) is 32.8. The number of fused-ring (bicyclic) bond motifs is 2. The number of amidine groups is 1. The Morgan fingerprint density at radius 3 is 2.84 bits per heavy atom. The summed E-state index contributed by atoms with van der Waals surface area (Å²) < 4.78 is 16.1. The topological polar surface area (TPSA) is 92.7 Å². The maximum atomic E-state index is 12.9. The number of anilines is 1. The second-order valence-corrected chi connectivity index (χ2v) is 7.32. The third kappa shape index (κ3) is 3.65. The molecule has 3 aliphatic rings. The molecule has 0 saturated heterocycles. The van der Waals surface area contributed by atoms with Gasteiger partial charge in [-0.25, -0.2) is 4.79 Å². The first kappa shape index (κ1) is 19.0. The van der Waals surface area contributed by atoms with Crippen LogP contribution in [0.5, 0.6) is 11.5 Å². The van der Waals surface area contributed by atoms with Crippen LogP contribution in [0.15, 0.2) is 59.4 Å². The third-order valence-corrected chi connectivity index (χ3v) is 5.34. The van der Waals surface area contributed by atoms with Crippen LogP contribution >= 0.6 is 0 Å². The van der Waals surface area contributed by atoms with Crippen molar-refractivity contribution < 1.29 is 23.8 Å². The summed E-state index contributed by atoms with van der Waals surface area (Å²) in [5.74, 6) is 0.836. The zero-order valence-electron chi connectivity index (χ0n) is 16.8. The van der Waals surface area contributed by atoms with Crippen LogP contribution < -0.4 is 14.8 Å². The standard InChI is InChI=1S/C22H20N4O5/c1-14-4-2-3-5-15(14)11-25-8-9-26-17(12-29-22(26)24-21(25)28)20(27)23-16-6-7-18-19(10-16)31-13-30-18/h2-7,10,12H,8-9,11,13H2,1H3,(H,23,27). The highest BCUT2D eigenvalue weighted by Gasteiger charge is 2.34. The minimum atomic E-state index is -0.397. The molecular formula is C22H20N4O5. The van der Waals surface area contributed by atoms with Gasteiger partial charge in [0.15, 0.2) is 11.5 Å². The Hall–Kier alpha value is -4.01. The van der Waals surface area contributed by atoms with Gasteiger partial charge >= 0.3 is 12.1 Å². The Bertz CT molecular complexity index is 1130. The minimum absolute atomic E-state index is 0.105. The van der Waals surface area contributed by atoms with E-state index in [1.54, 1.807) is 28.0 Å². The summed E-state index contributed by atoms with van der Waals surface area (Å²) in [6.07, 6.45) is 1.31. The number of aryl methyl sites for hydroxylation is 1. The molecule has 0 spiro atoms. The van der Waals surface area contributed by atoms with E-state index in [4.69, 9.17) is 14.2 Å². The number of aliphatic imine (C=N–C) groups is 1. The SMILES string of the molecule is Cc1ccccc1CN1CCN2C(C(=O)Nc3ccc4c(c3)OCO4)=COC2=NC1=O. The average Bonchev–Trinajstić information content (AvgIpc) is 3.35. The monoisotopic (exact) mass is 420 g/mol. The number of ether oxygens (including phenoxy) is 3. The Morgan fingerprint density at radius 1 is 1.13 bits per heavy atom. The highest BCUT2D eigenvalue weighted by molar-refractivity contribution is 6.08. The lowest BCUT2D eigenvalue weighted by Crippen LogP contribution is -2.36. The molecule has 0 saturated carbocycles. The smallest absolute Gasteiger partial charge is 0.348 e. The molecule has 0 unspecified atom stereocenters. The van der Waals surface area contributed by atoms with E-state index in [-0.39, 0.29) is 24.4 Å². The van der Waals surface area contributed by atoms with E-state index in [0.717, 1.165) is 11.1 Å². The van der Waals surface area contributed by atoms with Gasteiger partial charge < -0.3 is 24.4 Å². The van der Waals surface area contributed by atoms with Crippen molar-refractivity contribution in [2.24, 2.45) is 4.99 Å². The Labute approximate surface area is 178 Å². The lowest BCUT2D eigenvalue weighted by molar-refractivity contribution is -0.113. The van der Waals surface area contributed by atoms with E-state index >= 15 is 0 Å². The fraction of sp³-hybridized carbons (Fsp3) is 0.227. The van der Waals surface area contributed by atoms with Gasteiger partial charge in [-0.2, -0.15) is 0 Å². The Morgan fingerprint density at radius 2 is 1.97 bits per heavy atom. The molecule has 9 nitrogen and oxygen atoms in total. The summed E-state index contributed by atoms with van der Waals surface area (Å²) in [7, 11) is 0. The molecule has 5 rings (SSSR count). The van der Waals surface area contributed by atoms with Crippen LogP contribution in [0.1, 0.15) is 11.1 Å². The van der Waals surface area contributed by atoms with Gasteiger partial charge in [-0.3, -0.25) is 9.69 Å². The number of carbonyl (C=O) groups excluding carboxylic acids is 2. The van der Waals surface area contributed by atoms with Crippen LogP contribution in [0.25, 0.3) is 0 Å². The molecule has 9 heteroatoms. The van der Waals surface area contributed by atoms with Gasteiger partial charge in [0.1, 0.15) is 12.0 Å². The molecule has 0 radical (unpaired) electrons. The molecule has 3 aliphatic heterocycles. The second kappa shape index (κ2) is 7.67. The number of hydrogen-bond acceptors (Lipinski definition) is 6.